The van der Waals surface area contributed by atoms with Crippen LogP contribution in [0.1, 0.15) is 35.7 Å². The van der Waals surface area contributed by atoms with Crippen molar-refractivity contribution in [3.8, 4) is 0 Å². The van der Waals surface area contributed by atoms with Gasteiger partial charge in [-0.15, -0.1) is 0 Å². The van der Waals surface area contributed by atoms with Crippen LogP contribution in [0.15, 0.2) is 17.0 Å². The summed E-state index contributed by atoms with van der Waals surface area (Å²) in [4.78, 5) is 10.7. The van der Waals surface area contributed by atoms with Crippen LogP contribution in [-0.4, -0.2) is 36.4 Å². The molecule has 0 bridgehead atoms. The summed E-state index contributed by atoms with van der Waals surface area (Å²) < 4.78 is 40.2. The molecule has 1 N–H and O–H groups in total. The third-order valence-corrected chi connectivity index (χ3v) is 5.55. The van der Waals surface area contributed by atoms with Gasteiger partial charge < -0.3 is 5.11 Å². The highest BCUT2D eigenvalue weighted by atomic mass is 32.2. The lowest BCUT2D eigenvalue weighted by molar-refractivity contribution is 0.0696. The first-order chi connectivity index (χ1) is 9.28. The molecule has 0 atom stereocenters. The second-order valence-corrected chi connectivity index (χ2v) is 6.68. The monoisotopic (exact) mass is 301 g/mol. The van der Waals surface area contributed by atoms with Gasteiger partial charge in [0.2, 0.25) is 10.0 Å². The smallest absolute Gasteiger partial charge is 0.335 e. The second kappa shape index (κ2) is 5.14. The molecule has 0 amide bonds. The third-order valence-electron chi connectivity index (χ3n) is 3.40. The molecule has 0 aromatic heterocycles. The summed E-state index contributed by atoms with van der Waals surface area (Å²) in [6, 6.07) is 1.81. The molecule has 1 aliphatic rings. The van der Waals surface area contributed by atoms with Crippen molar-refractivity contribution in [3.05, 3.63) is 29.1 Å². The molecule has 0 aliphatic heterocycles. The number of nitrogens with zero attached hydrogens (tertiary/aromatic N) is 1. The summed E-state index contributed by atoms with van der Waals surface area (Å²) in [5.41, 5.74) is -0.410. The molecule has 0 heterocycles. The van der Waals surface area contributed by atoms with Crippen LogP contribution < -0.4 is 0 Å². The SMILES string of the molecule is CCN(C1CC1)S(=O)(=O)c1cc(C(=O)O)cc(F)c1C. The van der Waals surface area contributed by atoms with Crippen molar-refractivity contribution in [2.45, 2.75) is 37.6 Å². The Kier molecular flexibility index (Phi) is 3.84. The van der Waals surface area contributed by atoms with Gasteiger partial charge in [0.1, 0.15) is 5.82 Å². The molecule has 0 unspecified atom stereocenters. The number of hydrogen-bond acceptors (Lipinski definition) is 3. The lowest BCUT2D eigenvalue weighted by Crippen LogP contribution is -2.33. The van der Waals surface area contributed by atoms with Crippen molar-refractivity contribution in [1.82, 2.24) is 4.31 Å². The number of aromatic carboxylic acids is 1. The molecular weight excluding hydrogens is 285 g/mol. The molecule has 1 fully saturated rings. The molecular formula is C13H16FNO4S. The Balaban J connectivity index is 2.58. The maximum Gasteiger partial charge on any atom is 0.335 e. The van der Waals surface area contributed by atoms with E-state index in [1.54, 1.807) is 6.92 Å². The number of rotatable bonds is 5. The van der Waals surface area contributed by atoms with Gasteiger partial charge in [-0.1, -0.05) is 6.92 Å². The minimum atomic E-state index is -3.87. The molecule has 110 valence electrons. The molecule has 0 saturated heterocycles. The molecule has 7 heteroatoms. The quantitative estimate of drug-likeness (QED) is 0.902. The fraction of sp³-hybridized carbons (Fsp3) is 0.462. The number of sulfonamides is 1. The maximum absolute atomic E-state index is 13.8. The largest absolute Gasteiger partial charge is 0.478 e. The normalized spacial score (nSPS) is 15.6. The Hall–Kier alpha value is -1.47. The molecule has 1 saturated carbocycles. The zero-order valence-corrected chi connectivity index (χ0v) is 12.1. The Labute approximate surface area is 117 Å². The maximum atomic E-state index is 13.8. The van der Waals surface area contributed by atoms with E-state index in [4.69, 9.17) is 5.11 Å². The van der Waals surface area contributed by atoms with Gasteiger partial charge >= 0.3 is 5.97 Å². The average Bonchev–Trinajstić information content (AvgIpc) is 3.16. The lowest BCUT2D eigenvalue weighted by Gasteiger charge is -2.21. The average molecular weight is 301 g/mol. The van der Waals surface area contributed by atoms with Gasteiger partial charge in [-0.25, -0.2) is 17.6 Å². The lowest BCUT2D eigenvalue weighted by atomic mass is 10.1. The zero-order valence-electron chi connectivity index (χ0n) is 11.3. The number of halogens is 1. The van der Waals surface area contributed by atoms with Gasteiger partial charge in [0.15, 0.2) is 0 Å². The highest BCUT2D eigenvalue weighted by Crippen LogP contribution is 2.33. The fourth-order valence-corrected chi connectivity index (χ4v) is 4.11. The third kappa shape index (κ3) is 2.55. The molecule has 0 spiro atoms. The standard InChI is InChI=1S/C13H16FNO4S/c1-3-15(10-4-5-10)20(18,19)12-7-9(13(16)17)6-11(14)8(12)2/h6-7,10H,3-5H2,1-2H3,(H,16,17). The van der Waals surface area contributed by atoms with Crippen LogP contribution in [-0.2, 0) is 10.0 Å². The van der Waals surface area contributed by atoms with E-state index in [0.29, 0.717) is 0 Å². The molecule has 1 aromatic carbocycles. The second-order valence-electron chi connectivity index (χ2n) is 4.83. The van der Waals surface area contributed by atoms with Crippen LogP contribution >= 0.6 is 0 Å². The van der Waals surface area contributed by atoms with Crippen LogP contribution in [0.3, 0.4) is 0 Å². The summed E-state index contributed by atoms with van der Waals surface area (Å²) in [5, 5.41) is 8.93. The summed E-state index contributed by atoms with van der Waals surface area (Å²) in [5.74, 6) is -2.18. The van der Waals surface area contributed by atoms with Crippen LogP contribution in [0.5, 0.6) is 0 Å². The molecule has 0 radical (unpaired) electrons. The van der Waals surface area contributed by atoms with Gasteiger partial charge in [0, 0.05) is 18.2 Å². The number of carboxylic acids is 1. The predicted molar refractivity (Wildman–Crippen MR) is 70.7 cm³/mol. The van der Waals surface area contributed by atoms with Crippen molar-refractivity contribution < 1.29 is 22.7 Å². The first kappa shape index (κ1) is 14.9. The summed E-state index contributed by atoms with van der Waals surface area (Å²) >= 11 is 0. The molecule has 20 heavy (non-hydrogen) atoms. The van der Waals surface area contributed by atoms with Gasteiger partial charge in [0.25, 0.3) is 0 Å². The number of hydrogen-bond donors (Lipinski definition) is 1. The number of benzene rings is 1. The van der Waals surface area contributed by atoms with E-state index >= 15 is 0 Å². The number of carboxylic acid groups (broad SMARTS) is 1. The predicted octanol–water partition coefficient (Wildman–Crippen LogP) is 2.01. The minimum absolute atomic E-state index is 0.0471. The minimum Gasteiger partial charge on any atom is -0.478 e. The van der Waals surface area contributed by atoms with Crippen LogP contribution in [0.4, 0.5) is 4.39 Å². The van der Waals surface area contributed by atoms with Gasteiger partial charge in [-0.2, -0.15) is 4.31 Å². The first-order valence-electron chi connectivity index (χ1n) is 6.34. The van der Waals surface area contributed by atoms with E-state index in [0.717, 1.165) is 25.0 Å². The summed E-state index contributed by atoms with van der Waals surface area (Å²) in [7, 11) is -3.87. The van der Waals surface area contributed by atoms with Gasteiger partial charge in [-0.05, 0) is 31.9 Å². The fourth-order valence-electron chi connectivity index (χ4n) is 2.16. The Bertz CT molecular complexity index is 653. The Morgan fingerprint density at radius 3 is 2.50 bits per heavy atom. The van der Waals surface area contributed by atoms with E-state index in [1.165, 1.54) is 11.2 Å². The van der Waals surface area contributed by atoms with E-state index in [9.17, 15) is 17.6 Å². The van der Waals surface area contributed by atoms with E-state index in [2.05, 4.69) is 0 Å². The summed E-state index contributed by atoms with van der Waals surface area (Å²) in [6.45, 7) is 3.34. The molecule has 1 aliphatic carbocycles. The van der Waals surface area contributed by atoms with Crippen LogP contribution in [0, 0.1) is 12.7 Å². The molecule has 5 nitrogen and oxygen atoms in total. The number of carbonyl (C=O) groups is 1. The molecule has 1 aromatic rings. The van der Waals surface area contributed by atoms with Crippen molar-refractivity contribution >= 4 is 16.0 Å². The van der Waals surface area contributed by atoms with Crippen molar-refractivity contribution in [3.63, 3.8) is 0 Å². The Morgan fingerprint density at radius 1 is 1.45 bits per heavy atom. The Morgan fingerprint density at radius 2 is 2.05 bits per heavy atom. The van der Waals surface area contributed by atoms with Crippen LogP contribution in [0.2, 0.25) is 0 Å². The van der Waals surface area contributed by atoms with Crippen molar-refractivity contribution in [2.75, 3.05) is 6.54 Å². The van der Waals surface area contributed by atoms with Crippen molar-refractivity contribution in [2.24, 2.45) is 0 Å². The highest BCUT2D eigenvalue weighted by Gasteiger charge is 2.38. The van der Waals surface area contributed by atoms with E-state index in [-0.39, 0.29) is 28.6 Å². The van der Waals surface area contributed by atoms with Gasteiger partial charge in [-0.3, -0.25) is 0 Å². The van der Waals surface area contributed by atoms with E-state index < -0.39 is 21.8 Å². The summed E-state index contributed by atoms with van der Waals surface area (Å²) in [6.07, 6.45) is 1.57. The highest BCUT2D eigenvalue weighted by molar-refractivity contribution is 7.89. The van der Waals surface area contributed by atoms with Gasteiger partial charge in [0.05, 0.1) is 10.5 Å². The molecule has 2 rings (SSSR count). The zero-order chi connectivity index (χ0) is 15.1. The van der Waals surface area contributed by atoms with Crippen molar-refractivity contribution in [1.29, 1.82) is 0 Å². The van der Waals surface area contributed by atoms with E-state index in [1.807, 2.05) is 0 Å². The first-order valence-corrected chi connectivity index (χ1v) is 7.78. The van der Waals surface area contributed by atoms with Crippen LogP contribution in [0.25, 0.3) is 0 Å². The topological polar surface area (TPSA) is 74.7 Å².